The number of nitrogens with one attached hydrogen (secondary N) is 2. The molecule has 2 amide bonds. The lowest BCUT2D eigenvalue weighted by Gasteiger charge is -2.23. The van der Waals surface area contributed by atoms with E-state index in [0.717, 1.165) is 0 Å². The monoisotopic (exact) mass is 410 g/mol. The Hall–Kier alpha value is -3.48. The number of rotatable bonds is 9. The number of benzene rings is 2. The second-order valence-electron chi connectivity index (χ2n) is 7.42. The van der Waals surface area contributed by atoms with E-state index in [1.54, 1.807) is 62.4 Å². The minimum absolute atomic E-state index is 0.0474. The quantitative estimate of drug-likeness (QED) is 0.549. The van der Waals surface area contributed by atoms with Crippen molar-refractivity contribution in [2.45, 2.75) is 39.3 Å². The van der Waals surface area contributed by atoms with Crippen LogP contribution in [0.2, 0.25) is 0 Å². The second-order valence-corrected chi connectivity index (χ2v) is 7.42. The largest absolute Gasteiger partial charge is 0.480 e. The Morgan fingerprint density at radius 1 is 0.867 bits per heavy atom. The second kappa shape index (κ2) is 10.3. The molecule has 2 atom stereocenters. The van der Waals surface area contributed by atoms with Gasteiger partial charge in [0.15, 0.2) is 5.78 Å². The minimum Gasteiger partial charge on any atom is -0.480 e. The molecule has 0 heterocycles. The molecular formula is C23H26N2O5. The van der Waals surface area contributed by atoms with Crippen molar-refractivity contribution in [3.8, 4) is 0 Å². The molecule has 0 aliphatic rings. The molecule has 7 nitrogen and oxygen atoms in total. The van der Waals surface area contributed by atoms with Gasteiger partial charge in [0, 0.05) is 24.5 Å². The zero-order valence-corrected chi connectivity index (χ0v) is 17.2. The summed E-state index contributed by atoms with van der Waals surface area (Å²) in [4.78, 5) is 48.0. The standard InChI is InChI=1S/C23H26N2O5/c1-14(2)20(24-15(3)26)22(28)25-19(23(29)30)13-16-9-11-18(12-10-16)21(27)17-7-5-4-6-8-17/h4-12,14,19-20H,13H2,1-3H3,(H,24,26)(H,25,28)(H,29,30)/t19-,20+/m0/s1. The summed E-state index contributed by atoms with van der Waals surface area (Å²) in [6.45, 7) is 4.83. The minimum atomic E-state index is -1.18. The highest BCUT2D eigenvalue weighted by molar-refractivity contribution is 6.08. The summed E-state index contributed by atoms with van der Waals surface area (Å²) in [6.07, 6.45) is 0.0474. The molecule has 0 fully saturated rings. The molecule has 2 aromatic rings. The van der Waals surface area contributed by atoms with Crippen LogP contribution in [0.3, 0.4) is 0 Å². The molecule has 7 heteroatoms. The van der Waals surface area contributed by atoms with Crippen LogP contribution in [0.1, 0.15) is 42.3 Å². The molecule has 0 saturated heterocycles. The number of ketones is 1. The molecule has 0 aromatic heterocycles. The Balaban J connectivity index is 2.09. The van der Waals surface area contributed by atoms with Gasteiger partial charge in [0.05, 0.1) is 0 Å². The fraction of sp³-hybridized carbons (Fsp3) is 0.304. The summed E-state index contributed by atoms with van der Waals surface area (Å²) in [7, 11) is 0. The van der Waals surface area contributed by atoms with E-state index in [9.17, 15) is 24.3 Å². The Morgan fingerprint density at radius 2 is 1.43 bits per heavy atom. The molecule has 0 aliphatic carbocycles. The van der Waals surface area contributed by atoms with E-state index in [2.05, 4.69) is 10.6 Å². The van der Waals surface area contributed by atoms with Crippen molar-refractivity contribution in [3.63, 3.8) is 0 Å². The molecule has 0 unspecified atom stereocenters. The van der Waals surface area contributed by atoms with E-state index >= 15 is 0 Å². The Kier molecular flexibility index (Phi) is 7.86. The zero-order chi connectivity index (χ0) is 22.3. The predicted octanol–water partition coefficient (Wildman–Crippen LogP) is 2.19. The van der Waals surface area contributed by atoms with Gasteiger partial charge in [-0.3, -0.25) is 14.4 Å². The van der Waals surface area contributed by atoms with Crippen LogP contribution in [0.25, 0.3) is 0 Å². The van der Waals surface area contributed by atoms with Gasteiger partial charge in [-0.05, 0) is 11.5 Å². The molecule has 0 saturated carbocycles. The van der Waals surface area contributed by atoms with Crippen molar-refractivity contribution in [1.82, 2.24) is 10.6 Å². The van der Waals surface area contributed by atoms with Gasteiger partial charge in [-0.2, -0.15) is 0 Å². The van der Waals surface area contributed by atoms with Crippen LogP contribution >= 0.6 is 0 Å². The third-order valence-corrected chi connectivity index (χ3v) is 4.61. The lowest BCUT2D eigenvalue weighted by Crippen LogP contribution is -2.53. The number of hydrogen-bond donors (Lipinski definition) is 3. The van der Waals surface area contributed by atoms with Crippen LogP contribution in [0.15, 0.2) is 54.6 Å². The van der Waals surface area contributed by atoms with Crippen molar-refractivity contribution in [3.05, 3.63) is 71.3 Å². The summed E-state index contributed by atoms with van der Waals surface area (Å²) >= 11 is 0. The van der Waals surface area contributed by atoms with Gasteiger partial charge in [-0.15, -0.1) is 0 Å². The lowest BCUT2D eigenvalue weighted by molar-refractivity contribution is -0.142. The van der Waals surface area contributed by atoms with E-state index in [1.807, 2.05) is 6.07 Å². The number of aliphatic carboxylic acids is 1. The summed E-state index contributed by atoms with van der Waals surface area (Å²) in [5, 5.41) is 14.6. The maximum Gasteiger partial charge on any atom is 0.326 e. The van der Waals surface area contributed by atoms with Crippen LogP contribution in [0.5, 0.6) is 0 Å². The summed E-state index contributed by atoms with van der Waals surface area (Å²) < 4.78 is 0. The maximum atomic E-state index is 12.5. The van der Waals surface area contributed by atoms with Crippen molar-refractivity contribution < 1.29 is 24.3 Å². The first kappa shape index (κ1) is 22.8. The van der Waals surface area contributed by atoms with Crippen LogP contribution < -0.4 is 10.6 Å². The Labute approximate surface area is 175 Å². The van der Waals surface area contributed by atoms with Crippen molar-refractivity contribution in [1.29, 1.82) is 0 Å². The third-order valence-electron chi connectivity index (χ3n) is 4.61. The van der Waals surface area contributed by atoms with E-state index in [1.165, 1.54) is 6.92 Å². The van der Waals surface area contributed by atoms with Gasteiger partial charge >= 0.3 is 5.97 Å². The molecule has 0 spiro atoms. The van der Waals surface area contributed by atoms with Gasteiger partial charge in [-0.1, -0.05) is 68.4 Å². The molecule has 2 rings (SSSR count). The van der Waals surface area contributed by atoms with Crippen LogP contribution in [0, 0.1) is 5.92 Å². The summed E-state index contributed by atoms with van der Waals surface area (Å²) in [5.41, 5.74) is 1.72. The molecule has 158 valence electrons. The predicted molar refractivity (Wildman–Crippen MR) is 112 cm³/mol. The number of carbonyl (C=O) groups is 4. The summed E-state index contributed by atoms with van der Waals surface area (Å²) in [6, 6.07) is 13.5. The van der Waals surface area contributed by atoms with Crippen LogP contribution in [0.4, 0.5) is 0 Å². The van der Waals surface area contributed by atoms with E-state index in [0.29, 0.717) is 16.7 Å². The molecule has 30 heavy (non-hydrogen) atoms. The maximum absolute atomic E-state index is 12.5. The molecule has 0 aliphatic heterocycles. The van der Waals surface area contributed by atoms with Gasteiger partial charge in [-0.25, -0.2) is 4.79 Å². The van der Waals surface area contributed by atoms with E-state index in [4.69, 9.17) is 0 Å². The highest BCUT2D eigenvalue weighted by Gasteiger charge is 2.28. The third kappa shape index (κ3) is 6.27. The average molecular weight is 410 g/mol. The molecule has 3 N–H and O–H groups in total. The number of amides is 2. The van der Waals surface area contributed by atoms with E-state index in [-0.39, 0.29) is 24.0 Å². The normalized spacial score (nSPS) is 12.7. The number of carboxylic acid groups (broad SMARTS) is 1. The van der Waals surface area contributed by atoms with Gasteiger partial charge in [0.2, 0.25) is 11.8 Å². The lowest BCUT2D eigenvalue weighted by atomic mass is 9.99. The zero-order valence-electron chi connectivity index (χ0n) is 17.2. The van der Waals surface area contributed by atoms with Gasteiger partial charge in [0.25, 0.3) is 0 Å². The molecule has 0 radical (unpaired) electrons. The SMILES string of the molecule is CC(=O)N[C@@H](C(=O)N[C@@H](Cc1ccc(C(=O)c2ccccc2)cc1)C(=O)O)C(C)C. The van der Waals surface area contributed by atoms with Crippen molar-refractivity contribution >= 4 is 23.6 Å². The first-order valence-corrected chi connectivity index (χ1v) is 9.68. The molecule has 2 aromatic carbocycles. The van der Waals surface area contributed by atoms with E-state index < -0.39 is 24.0 Å². The van der Waals surface area contributed by atoms with Crippen molar-refractivity contribution in [2.75, 3.05) is 0 Å². The number of carbonyl (C=O) groups excluding carboxylic acids is 3. The topological polar surface area (TPSA) is 113 Å². The molecule has 0 bridgehead atoms. The van der Waals surface area contributed by atoms with Crippen LogP contribution in [-0.4, -0.2) is 40.8 Å². The Morgan fingerprint density at radius 3 is 1.93 bits per heavy atom. The van der Waals surface area contributed by atoms with Gasteiger partial charge in [0.1, 0.15) is 12.1 Å². The molecular weight excluding hydrogens is 384 g/mol. The highest BCUT2D eigenvalue weighted by atomic mass is 16.4. The first-order chi connectivity index (χ1) is 14.2. The fourth-order valence-electron chi connectivity index (χ4n) is 3.00. The van der Waals surface area contributed by atoms with Gasteiger partial charge < -0.3 is 15.7 Å². The Bertz CT molecular complexity index is 907. The smallest absolute Gasteiger partial charge is 0.326 e. The average Bonchev–Trinajstić information content (AvgIpc) is 2.71. The van der Waals surface area contributed by atoms with Crippen LogP contribution in [-0.2, 0) is 20.8 Å². The first-order valence-electron chi connectivity index (χ1n) is 9.68. The summed E-state index contributed by atoms with van der Waals surface area (Å²) in [5.74, 6) is -2.43. The van der Waals surface area contributed by atoms with Crippen molar-refractivity contribution in [2.24, 2.45) is 5.92 Å². The number of hydrogen-bond acceptors (Lipinski definition) is 4. The highest BCUT2D eigenvalue weighted by Crippen LogP contribution is 2.13. The number of carboxylic acids is 1. The fourth-order valence-corrected chi connectivity index (χ4v) is 3.00.